The summed E-state index contributed by atoms with van der Waals surface area (Å²) in [6.45, 7) is 2.59. The van der Waals surface area contributed by atoms with Crippen LogP contribution in [0.3, 0.4) is 0 Å². The number of halogens is 1. The second-order valence-electron chi connectivity index (χ2n) is 7.96. The number of hydrogen-bond donors (Lipinski definition) is 1. The van der Waals surface area contributed by atoms with Crippen LogP contribution in [0.1, 0.15) is 16.7 Å². The molecule has 9 nitrogen and oxygen atoms in total. The lowest BCUT2D eigenvalue weighted by Gasteiger charge is -2.29. The van der Waals surface area contributed by atoms with Crippen molar-refractivity contribution in [1.29, 1.82) is 0 Å². The lowest BCUT2D eigenvalue weighted by molar-refractivity contribution is -0.118. The van der Waals surface area contributed by atoms with Crippen molar-refractivity contribution in [3.63, 3.8) is 0 Å². The third-order valence-electron chi connectivity index (χ3n) is 5.50. The molecular weight excluding hydrogens is 489 g/mol. The first-order chi connectivity index (χ1) is 17.0. The molecule has 0 saturated carbocycles. The number of hydrogen-bond acceptors (Lipinski definition) is 7. The van der Waals surface area contributed by atoms with Gasteiger partial charge in [0.15, 0.2) is 5.15 Å². The summed E-state index contributed by atoms with van der Waals surface area (Å²) in [6.07, 6.45) is 0.407. The van der Waals surface area contributed by atoms with E-state index in [9.17, 15) is 9.59 Å². The number of benzene rings is 2. The van der Waals surface area contributed by atoms with E-state index in [-0.39, 0.29) is 11.0 Å². The molecule has 2 aromatic carbocycles. The maximum Gasteiger partial charge on any atom is 0.415 e. The SMILES string of the molecule is CNCCN(C=O)Cc1cccc(CN2Cc3ccc(Oc4ccc(Cl)nn4)cc3OC2=O)c1P. The van der Waals surface area contributed by atoms with Gasteiger partial charge in [-0.25, -0.2) is 4.79 Å². The molecule has 3 aromatic rings. The molecule has 182 valence electrons. The first kappa shape index (κ1) is 24.9. The van der Waals surface area contributed by atoms with Crippen molar-refractivity contribution < 1.29 is 19.1 Å². The van der Waals surface area contributed by atoms with Gasteiger partial charge in [0.2, 0.25) is 12.3 Å². The van der Waals surface area contributed by atoms with Gasteiger partial charge < -0.3 is 19.7 Å². The Hall–Kier alpha value is -3.26. The molecule has 0 aliphatic carbocycles. The predicted molar refractivity (Wildman–Crippen MR) is 135 cm³/mol. The highest BCUT2D eigenvalue weighted by Gasteiger charge is 2.26. The second-order valence-corrected chi connectivity index (χ2v) is 8.92. The van der Waals surface area contributed by atoms with Crippen LogP contribution in [0.4, 0.5) is 4.79 Å². The van der Waals surface area contributed by atoms with E-state index in [0.717, 1.165) is 28.4 Å². The number of aromatic nitrogens is 2. The van der Waals surface area contributed by atoms with Gasteiger partial charge in [0.05, 0.1) is 6.54 Å². The molecule has 1 aliphatic heterocycles. The number of rotatable bonds is 10. The van der Waals surface area contributed by atoms with Gasteiger partial charge in [-0.3, -0.25) is 9.69 Å². The van der Waals surface area contributed by atoms with Crippen LogP contribution in [0.2, 0.25) is 5.15 Å². The molecule has 1 unspecified atom stereocenters. The Morgan fingerprint density at radius 1 is 1.23 bits per heavy atom. The van der Waals surface area contributed by atoms with E-state index in [4.69, 9.17) is 21.1 Å². The van der Waals surface area contributed by atoms with Gasteiger partial charge in [0.1, 0.15) is 11.5 Å². The maximum atomic E-state index is 12.8. The van der Waals surface area contributed by atoms with E-state index in [1.807, 2.05) is 31.3 Å². The van der Waals surface area contributed by atoms with Crippen molar-refractivity contribution in [3.05, 3.63) is 70.4 Å². The molecule has 2 heterocycles. The van der Waals surface area contributed by atoms with E-state index in [0.29, 0.717) is 44.2 Å². The molecule has 1 aromatic heterocycles. The third-order valence-corrected chi connectivity index (χ3v) is 6.45. The number of nitrogens with one attached hydrogen (secondary N) is 1. The van der Waals surface area contributed by atoms with Crippen molar-refractivity contribution in [2.75, 3.05) is 20.1 Å². The van der Waals surface area contributed by atoms with Gasteiger partial charge in [0.25, 0.3) is 0 Å². The van der Waals surface area contributed by atoms with Crippen LogP contribution in [0.25, 0.3) is 0 Å². The van der Waals surface area contributed by atoms with Crippen molar-refractivity contribution >= 4 is 38.6 Å². The zero-order valence-electron chi connectivity index (χ0n) is 19.1. The molecule has 2 amide bonds. The summed E-state index contributed by atoms with van der Waals surface area (Å²) in [5.41, 5.74) is 2.84. The zero-order valence-corrected chi connectivity index (χ0v) is 21.0. The summed E-state index contributed by atoms with van der Waals surface area (Å²) in [5.74, 6) is 1.20. The topological polar surface area (TPSA) is 96.9 Å². The highest BCUT2D eigenvalue weighted by Crippen LogP contribution is 2.32. The van der Waals surface area contributed by atoms with Gasteiger partial charge >= 0.3 is 6.09 Å². The average Bonchev–Trinajstić information content (AvgIpc) is 2.85. The highest BCUT2D eigenvalue weighted by molar-refractivity contribution is 7.27. The van der Waals surface area contributed by atoms with Gasteiger partial charge in [0, 0.05) is 43.9 Å². The Morgan fingerprint density at radius 3 is 2.80 bits per heavy atom. The molecule has 35 heavy (non-hydrogen) atoms. The molecule has 0 bridgehead atoms. The Morgan fingerprint density at radius 2 is 2.06 bits per heavy atom. The fraction of sp³-hybridized carbons (Fsp3) is 0.250. The van der Waals surface area contributed by atoms with Crippen LogP contribution in [0.5, 0.6) is 17.4 Å². The number of fused-ring (bicyclic) bond motifs is 1. The monoisotopic (exact) mass is 513 g/mol. The van der Waals surface area contributed by atoms with E-state index in [1.165, 1.54) is 0 Å². The number of nitrogens with zero attached hydrogens (tertiary/aromatic N) is 4. The first-order valence-electron chi connectivity index (χ1n) is 10.9. The number of carbonyl (C=O) groups excluding carboxylic acids is 2. The second kappa shape index (κ2) is 11.4. The van der Waals surface area contributed by atoms with Crippen molar-refractivity contribution in [3.8, 4) is 17.4 Å². The van der Waals surface area contributed by atoms with Crippen LogP contribution in [0, 0.1) is 0 Å². The molecule has 11 heteroatoms. The van der Waals surface area contributed by atoms with Crippen molar-refractivity contribution in [1.82, 2.24) is 25.3 Å². The van der Waals surface area contributed by atoms with Crippen LogP contribution >= 0.6 is 20.8 Å². The molecule has 0 saturated heterocycles. The molecule has 0 spiro atoms. The van der Waals surface area contributed by atoms with Gasteiger partial charge in [-0.2, -0.15) is 0 Å². The lowest BCUT2D eigenvalue weighted by Crippen LogP contribution is -2.37. The molecule has 0 fully saturated rings. The standard InChI is InChI=1S/C24H25ClN5O4P/c1-26-9-10-29(15-31)12-17-3-2-4-18(23(17)35)14-30-13-16-5-6-19(11-20(16)34-24(30)32)33-22-8-7-21(25)27-28-22/h2-8,11,15,26H,9-10,12-14,35H2,1H3. The Balaban J connectivity index is 1.45. The number of amides is 2. The Kier molecular flexibility index (Phi) is 8.13. The summed E-state index contributed by atoms with van der Waals surface area (Å²) in [4.78, 5) is 27.5. The fourth-order valence-electron chi connectivity index (χ4n) is 3.64. The third kappa shape index (κ3) is 6.25. The molecule has 0 radical (unpaired) electrons. The van der Waals surface area contributed by atoms with E-state index in [2.05, 4.69) is 24.8 Å². The fourth-order valence-corrected chi connectivity index (χ4v) is 4.12. The maximum absolute atomic E-state index is 12.8. The minimum absolute atomic E-state index is 0.269. The normalized spacial score (nSPS) is 12.7. The van der Waals surface area contributed by atoms with Gasteiger partial charge in [-0.1, -0.05) is 29.8 Å². The minimum Gasteiger partial charge on any atom is -0.437 e. The molecule has 1 aliphatic rings. The summed E-state index contributed by atoms with van der Waals surface area (Å²) >= 11 is 5.75. The molecule has 1 atom stereocenters. The van der Waals surface area contributed by atoms with Gasteiger partial charge in [-0.15, -0.1) is 19.4 Å². The van der Waals surface area contributed by atoms with Crippen LogP contribution in [-0.4, -0.2) is 52.6 Å². The van der Waals surface area contributed by atoms with Crippen LogP contribution in [-0.2, 0) is 24.4 Å². The zero-order chi connectivity index (χ0) is 24.8. The Labute approximate surface area is 210 Å². The van der Waals surface area contributed by atoms with E-state index >= 15 is 0 Å². The summed E-state index contributed by atoms with van der Waals surface area (Å²) in [5, 5.41) is 11.9. The first-order valence-corrected chi connectivity index (χ1v) is 11.9. The summed E-state index contributed by atoms with van der Waals surface area (Å²) in [6, 6.07) is 14.4. The lowest BCUT2D eigenvalue weighted by atomic mass is 10.1. The molecule has 1 N–H and O–H groups in total. The Bertz CT molecular complexity index is 1210. The number of likely N-dealkylation sites (N-methyl/N-ethyl adjacent to an activating group) is 1. The van der Waals surface area contributed by atoms with E-state index < -0.39 is 6.09 Å². The molecule has 4 rings (SSSR count). The van der Waals surface area contributed by atoms with Gasteiger partial charge in [-0.05, 0) is 41.7 Å². The summed E-state index contributed by atoms with van der Waals surface area (Å²) < 4.78 is 11.3. The van der Waals surface area contributed by atoms with Crippen molar-refractivity contribution in [2.45, 2.75) is 19.6 Å². The van der Waals surface area contributed by atoms with Crippen molar-refractivity contribution in [2.24, 2.45) is 0 Å². The smallest absolute Gasteiger partial charge is 0.415 e. The van der Waals surface area contributed by atoms with Crippen LogP contribution < -0.4 is 20.1 Å². The predicted octanol–water partition coefficient (Wildman–Crippen LogP) is 3.12. The largest absolute Gasteiger partial charge is 0.437 e. The minimum atomic E-state index is -0.445. The van der Waals surface area contributed by atoms with E-state index in [1.54, 1.807) is 34.1 Å². The molecular formula is C24H25ClN5O4P. The summed E-state index contributed by atoms with van der Waals surface area (Å²) in [7, 11) is 4.59. The highest BCUT2D eigenvalue weighted by atomic mass is 35.5. The quantitative estimate of drug-likeness (QED) is 0.328. The number of ether oxygens (including phenoxy) is 2. The average molecular weight is 514 g/mol. The van der Waals surface area contributed by atoms with Crippen LogP contribution in [0.15, 0.2) is 48.5 Å². The number of carbonyl (C=O) groups is 2.